The van der Waals surface area contributed by atoms with Crippen LogP contribution >= 0.6 is 0 Å². The topological polar surface area (TPSA) is 123 Å². The van der Waals surface area contributed by atoms with E-state index in [9.17, 15) is 20.4 Å². The summed E-state index contributed by atoms with van der Waals surface area (Å²) < 4.78 is 5.06. The Hall–Kier alpha value is -2.03. The van der Waals surface area contributed by atoms with E-state index >= 15 is 0 Å². The first-order valence-corrected chi connectivity index (χ1v) is 7.57. The van der Waals surface area contributed by atoms with Crippen molar-refractivity contribution in [3.8, 4) is 5.75 Å². The number of aliphatic hydroxyl groups is 4. The summed E-state index contributed by atoms with van der Waals surface area (Å²) in [6, 6.07) is 9.55. The zero-order valence-electron chi connectivity index (χ0n) is 12.7. The molecule has 0 saturated carbocycles. The largest absolute Gasteiger partial charge is 0.507 e. The van der Waals surface area contributed by atoms with Crippen molar-refractivity contribution in [2.24, 2.45) is 4.99 Å². The van der Waals surface area contributed by atoms with Crippen molar-refractivity contribution in [1.29, 1.82) is 0 Å². The highest BCUT2D eigenvalue weighted by atomic mass is 16.6. The number of aliphatic hydroxyl groups excluding tert-OH is 4. The SMILES string of the molecule is OC[C@H]1O[C@@H](O)[C@H](N=Cc2c(O)ccc3ccccc23)[C@@H](O)[C@@H]1O. The van der Waals surface area contributed by atoms with Gasteiger partial charge >= 0.3 is 0 Å². The first-order chi connectivity index (χ1) is 11.5. The quantitative estimate of drug-likeness (QED) is 0.494. The summed E-state index contributed by atoms with van der Waals surface area (Å²) in [5, 5.41) is 50.7. The molecule has 0 aromatic heterocycles. The van der Waals surface area contributed by atoms with Gasteiger partial charge in [0.1, 0.15) is 30.1 Å². The summed E-state index contributed by atoms with van der Waals surface area (Å²) in [5.74, 6) is 0.00643. The van der Waals surface area contributed by atoms with Crippen LogP contribution in [0.1, 0.15) is 5.56 Å². The Kier molecular flexibility index (Phi) is 4.79. The van der Waals surface area contributed by atoms with Gasteiger partial charge in [0.25, 0.3) is 0 Å². The number of phenols is 1. The van der Waals surface area contributed by atoms with E-state index in [1.54, 1.807) is 6.07 Å². The molecule has 5 N–H and O–H groups in total. The highest BCUT2D eigenvalue weighted by Gasteiger charge is 2.43. The van der Waals surface area contributed by atoms with Gasteiger partial charge in [-0.25, -0.2) is 0 Å². The van der Waals surface area contributed by atoms with Gasteiger partial charge in [-0.2, -0.15) is 0 Å². The van der Waals surface area contributed by atoms with E-state index in [4.69, 9.17) is 9.84 Å². The minimum atomic E-state index is -1.48. The molecule has 2 aromatic rings. The van der Waals surface area contributed by atoms with Gasteiger partial charge in [0.15, 0.2) is 6.29 Å². The zero-order valence-corrected chi connectivity index (χ0v) is 12.7. The van der Waals surface area contributed by atoms with Crippen LogP contribution in [-0.4, -0.2) is 69.0 Å². The summed E-state index contributed by atoms with van der Waals surface area (Å²) in [7, 11) is 0. The van der Waals surface area contributed by atoms with E-state index in [0.29, 0.717) is 5.56 Å². The fourth-order valence-electron chi connectivity index (χ4n) is 2.82. The fraction of sp³-hybridized carbons (Fsp3) is 0.353. The lowest BCUT2D eigenvalue weighted by Gasteiger charge is -2.38. The molecule has 0 amide bonds. The van der Waals surface area contributed by atoms with Gasteiger partial charge in [0.05, 0.1) is 6.61 Å². The Labute approximate surface area is 138 Å². The molecule has 7 nitrogen and oxygen atoms in total. The van der Waals surface area contributed by atoms with Gasteiger partial charge in [-0.3, -0.25) is 4.99 Å². The molecule has 2 aromatic carbocycles. The normalized spacial score (nSPS) is 30.9. The summed E-state index contributed by atoms with van der Waals surface area (Å²) in [5.41, 5.74) is 0.436. The van der Waals surface area contributed by atoms with Crippen LogP contribution in [0.3, 0.4) is 0 Å². The molecule has 3 rings (SSSR count). The zero-order chi connectivity index (χ0) is 17.3. The monoisotopic (exact) mass is 333 g/mol. The van der Waals surface area contributed by atoms with E-state index in [1.165, 1.54) is 12.3 Å². The Morgan fingerprint density at radius 1 is 1.04 bits per heavy atom. The predicted octanol–water partition coefficient (Wildman–Crippen LogP) is -0.236. The van der Waals surface area contributed by atoms with Crippen molar-refractivity contribution >= 4 is 17.0 Å². The molecular weight excluding hydrogens is 314 g/mol. The van der Waals surface area contributed by atoms with Crippen LogP contribution in [-0.2, 0) is 4.74 Å². The molecule has 1 fully saturated rings. The van der Waals surface area contributed by atoms with E-state index in [-0.39, 0.29) is 5.75 Å². The van der Waals surface area contributed by atoms with Crippen LogP contribution in [0.15, 0.2) is 41.4 Å². The average molecular weight is 333 g/mol. The van der Waals surface area contributed by atoms with Crippen molar-refractivity contribution in [3.05, 3.63) is 42.0 Å². The predicted molar refractivity (Wildman–Crippen MR) is 87.0 cm³/mol. The van der Waals surface area contributed by atoms with Crippen molar-refractivity contribution in [2.75, 3.05) is 6.61 Å². The third-order valence-corrected chi connectivity index (χ3v) is 4.19. The summed E-state index contributed by atoms with van der Waals surface area (Å²) in [6.45, 7) is -0.532. The fourth-order valence-corrected chi connectivity index (χ4v) is 2.82. The number of aliphatic imine (C=N–C) groups is 1. The molecule has 1 aliphatic rings. The Morgan fingerprint density at radius 3 is 2.54 bits per heavy atom. The number of phenolic OH excluding ortho intramolecular Hbond substituents is 1. The van der Waals surface area contributed by atoms with Crippen LogP contribution in [0.4, 0.5) is 0 Å². The second-order valence-corrected chi connectivity index (χ2v) is 5.72. The summed E-state index contributed by atoms with van der Waals surface area (Å²) in [6.07, 6.45) is -3.99. The lowest BCUT2D eigenvalue weighted by Crippen LogP contribution is -2.57. The molecule has 1 aliphatic heterocycles. The third kappa shape index (κ3) is 3.00. The van der Waals surface area contributed by atoms with Crippen molar-refractivity contribution in [3.63, 3.8) is 0 Å². The minimum absolute atomic E-state index is 0.00643. The van der Waals surface area contributed by atoms with Gasteiger partial charge in [-0.15, -0.1) is 0 Å². The smallest absolute Gasteiger partial charge is 0.180 e. The first kappa shape index (κ1) is 16.8. The number of hydrogen-bond donors (Lipinski definition) is 5. The van der Waals surface area contributed by atoms with Gasteiger partial charge in [-0.05, 0) is 16.8 Å². The van der Waals surface area contributed by atoms with Crippen LogP contribution in [0, 0.1) is 0 Å². The van der Waals surface area contributed by atoms with Crippen molar-refractivity contribution in [1.82, 2.24) is 0 Å². The molecule has 0 bridgehead atoms. The molecule has 1 heterocycles. The Balaban J connectivity index is 1.92. The molecule has 24 heavy (non-hydrogen) atoms. The molecule has 0 spiro atoms. The number of fused-ring (bicyclic) bond motifs is 1. The maximum atomic E-state index is 10.1. The molecule has 0 unspecified atom stereocenters. The lowest BCUT2D eigenvalue weighted by molar-refractivity contribution is -0.248. The number of nitrogens with zero attached hydrogens (tertiary/aromatic N) is 1. The van der Waals surface area contributed by atoms with E-state index in [0.717, 1.165) is 10.8 Å². The third-order valence-electron chi connectivity index (χ3n) is 4.19. The second kappa shape index (κ2) is 6.84. The van der Waals surface area contributed by atoms with E-state index < -0.39 is 37.3 Å². The Bertz CT molecular complexity index is 749. The van der Waals surface area contributed by atoms with Crippen LogP contribution in [0.5, 0.6) is 5.75 Å². The second-order valence-electron chi connectivity index (χ2n) is 5.72. The lowest BCUT2D eigenvalue weighted by atomic mass is 9.97. The van der Waals surface area contributed by atoms with Gasteiger partial charge < -0.3 is 30.3 Å². The number of benzene rings is 2. The number of hydrogen-bond acceptors (Lipinski definition) is 7. The van der Waals surface area contributed by atoms with Crippen LogP contribution < -0.4 is 0 Å². The molecular formula is C17H19NO6. The van der Waals surface area contributed by atoms with Crippen molar-refractivity contribution in [2.45, 2.75) is 30.6 Å². The van der Waals surface area contributed by atoms with E-state index in [2.05, 4.69) is 4.99 Å². The molecule has 7 heteroatoms. The molecule has 1 saturated heterocycles. The highest BCUT2D eigenvalue weighted by Crippen LogP contribution is 2.27. The van der Waals surface area contributed by atoms with Gasteiger partial charge in [0, 0.05) is 11.8 Å². The standard InChI is InChI=1S/C17H19NO6/c19-8-13-15(21)16(22)14(17(23)24-13)18-7-11-10-4-2-1-3-9(10)5-6-12(11)20/h1-7,13-17,19-23H,8H2/t13-,14-,15-,16-,17-/m1/s1. The van der Waals surface area contributed by atoms with Gasteiger partial charge in [-0.1, -0.05) is 30.3 Å². The first-order valence-electron chi connectivity index (χ1n) is 7.57. The highest BCUT2D eigenvalue weighted by molar-refractivity contribution is 6.02. The minimum Gasteiger partial charge on any atom is -0.507 e. The van der Waals surface area contributed by atoms with Crippen molar-refractivity contribution < 1.29 is 30.3 Å². The maximum absolute atomic E-state index is 10.1. The van der Waals surface area contributed by atoms with E-state index in [1.807, 2.05) is 24.3 Å². The maximum Gasteiger partial charge on any atom is 0.180 e. The molecule has 0 radical (unpaired) electrons. The number of rotatable bonds is 3. The molecule has 128 valence electrons. The number of ether oxygens (including phenoxy) is 1. The summed E-state index contributed by atoms with van der Waals surface area (Å²) >= 11 is 0. The van der Waals surface area contributed by atoms with Gasteiger partial charge in [0.2, 0.25) is 0 Å². The van der Waals surface area contributed by atoms with Crippen LogP contribution in [0.2, 0.25) is 0 Å². The van der Waals surface area contributed by atoms with Crippen LogP contribution in [0.25, 0.3) is 10.8 Å². The Morgan fingerprint density at radius 2 is 1.79 bits per heavy atom. The molecule has 0 aliphatic carbocycles. The number of aromatic hydroxyl groups is 1. The molecule has 5 atom stereocenters. The average Bonchev–Trinajstić information content (AvgIpc) is 2.59. The summed E-state index contributed by atoms with van der Waals surface area (Å²) in [4.78, 5) is 4.09.